The van der Waals surface area contributed by atoms with E-state index in [1.54, 1.807) is 37.5 Å². The van der Waals surface area contributed by atoms with E-state index in [4.69, 9.17) is 10.5 Å². The summed E-state index contributed by atoms with van der Waals surface area (Å²) in [4.78, 5) is 18.0. The number of benzene rings is 1. The maximum Gasteiger partial charge on any atom is 0.261 e. The second-order valence-corrected chi connectivity index (χ2v) is 5.07. The van der Waals surface area contributed by atoms with E-state index in [1.807, 2.05) is 6.07 Å². The van der Waals surface area contributed by atoms with Gasteiger partial charge in [0, 0.05) is 11.5 Å². The molecular weight excluding hydrogens is 322 g/mol. The molecule has 0 saturated carbocycles. The van der Waals surface area contributed by atoms with Crippen LogP contribution in [0.15, 0.2) is 41.0 Å². The van der Waals surface area contributed by atoms with Crippen molar-refractivity contribution in [2.24, 2.45) is 0 Å². The molecule has 2 N–H and O–H groups in total. The summed E-state index contributed by atoms with van der Waals surface area (Å²) in [6, 6.07) is 8.68. The van der Waals surface area contributed by atoms with Crippen LogP contribution in [0, 0.1) is 0 Å². The predicted octanol–water partition coefficient (Wildman–Crippen LogP) is 2.71. The second-order valence-electron chi connectivity index (χ2n) is 4.15. The van der Waals surface area contributed by atoms with Crippen molar-refractivity contribution in [3.63, 3.8) is 0 Å². The van der Waals surface area contributed by atoms with E-state index in [9.17, 15) is 4.79 Å². The van der Waals surface area contributed by atoms with Crippen LogP contribution in [0.2, 0.25) is 0 Å². The minimum absolute atomic E-state index is 0.185. The molecule has 0 fully saturated rings. The third-order valence-electron chi connectivity index (χ3n) is 2.85. The Hall–Kier alpha value is -2.08. The molecule has 0 spiro atoms. The van der Waals surface area contributed by atoms with Gasteiger partial charge in [-0.2, -0.15) is 0 Å². The van der Waals surface area contributed by atoms with Crippen LogP contribution in [0.25, 0.3) is 0 Å². The third kappa shape index (κ3) is 2.91. The lowest BCUT2D eigenvalue weighted by Crippen LogP contribution is -2.26. The van der Waals surface area contributed by atoms with Gasteiger partial charge in [-0.05, 0) is 30.3 Å². The highest BCUT2D eigenvalue weighted by Crippen LogP contribution is 2.25. The average molecular weight is 336 g/mol. The van der Waals surface area contributed by atoms with Gasteiger partial charge in [0.25, 0.3) is 5.91 Å². The van der Waals surface area contributed by atoms with Crippen molar-refractivity contribution in [1.82, 2.24) is 4.98 Å². The zero-order valence-electron chi connectivity index (χ0n) is 11.1. The average Bonchev–Trinajstić information content (AvgIpc) is 2.46. The SMILES string of the molecule is COc1ccc(Br)cc1C(=O)N(C)c1ccc(N)nc1. The number of carbonyl (C=O) groups excluding carboxylic acids is 1. The summed E-state index contributed by atoms with van der Waals surface area (Å²) >= 11 is 3.35. The first-order valence-electron chi connectivity index (χ1n) is 5.86. The van der Waals surface area contributed by atoms with Crippen molar-refractivity contribution in [3.05, 3.63) is 46.6 Å². The van der Waals surface area contributed by atoms with Gasteiger partial charge in [0.2, 0.25) is 0 Å². The lowest BCUT2D eigenvalue weighted by molar-refractivity contribution is 0.0990. The molecule has 20 heavy (non-hydrogen) atoms. The van der Waals surface area contributed by atoms with E-state index in [0.717, 1.165) is 4.47 Å². The standard InChI is InChI=1S/C14H14BrN3O2/c1-18(10-4-6-13(16)17-8-10)14(19)11-7-9(15)3-5-12(11)20-2/h3-8H,1-2H3,(H2,16,17). The van der Waals surface area contributed by atoms with Gasteiger partial charge in [0.1, 0.15) is 11.6 Å². The van der Waals surface area contributed by atoms with Gasteiger partial charge in [0.15, 0.2) is 0 Å². The number of hydrogen-bond donors (Lipinski definition) is 1. The highest BCUT2D eigenvalue weighted by Gasteiger charge is 2.18. The van der Waals surface area contributed by atoms with Gasteiger partial charge in [-0.1, -0.05) is 15.9 Å². The molecule has 6 heteroatoms. The molecule has 0 saturated heterocycles. The zero-order chi connectivity index (χ0) is 14.7. The number of nitrogens with two attached hydrogens (primary N) is 1. The molecule has 2 rings (SSSR count). The molecule has 0 radical (unpaired) electrons. The topological polar surface area (TPSA) is 68.5 Å². The summed E-state index contributed by atoms with van der Waals surface area (Å²) in [5.41, 5.74) is 6.67. The quantitative estimate of drug-likeness (QED) is 0.936. The van der Waals surface area contributed by atoms with Crippen LogP contribution in [0.5, 0.6) is 5.75 Å². The number of aromatic nitrogens is 1. The Bertz CT molecular complexity index is 629. The number of carbonyl (C=O) groups is 1. The van der Waals surface area contributed by atoms with E-state index in [2.05, 4.69) is 20.9 Å². The van der Waals surface area contributed by atoms with Crippen LogP contribution in [-0.4, -0.2) is 25.0 Å². The van der Waals surface area contributed by atoms with Crippen LogP contribution >= 0.6 is 15.9 Å². The summed E-state index contributed by atoms with van der Waals surface area (Å²) in [5, 5.41) is 0. The van der Waals surface area contributed by atoms with Crippen molar-refractivity contribution in [1.29, 1.82) is 0 Å². The molecule has 0 unspecified atom stereocenters. The van der Waals surface area contributed by atoms with Crippen molar-refractivity contribution >= 4 is 33.3 Å². The number of ether oxygens (including phenoxy) is 1. The first-order chi connectivity index (χ1) is 9.52. The molecule has 1 aromatic heterocycles. The monoisotopic (exact) mass is 335 g/mol. The van der Waals surface area contributed by atoms with Gasteiger partial charge < -0.3 is 15.4 Å². The van der Waals surface area contributed by atoms with Gasteiger partial charge >= 0.3 is 0 Å². The van der Waals surface area contributed by atoms with Crippen molar-refractivity contribution in [2.75, 3.05) is 24.8 Å². The lowest BCUT2D eigenvalue weighted by Gasteiger charge is -2.18. The Balaban J connectivity index is 2.35. The molecular formula is C14H14BrN3O2. The van der Waals surface area contributed by atoms with Crippen LogP contribution in [-0.2, 0) is 0 Å². The van der Waals surface area contributed by atoms with Gasteiger partial charge in [-0.15, -0.1) is 0 Å². The lowest BCUT2D eigenvalue weighted by atomic mass is 10.1. The van der Waals surface area contributed by atoms with E-state index >= 15 is 0 Å². The fourth-order valence-electron chi connectivity index (χ4n) is 1.74. The normalized spacial score (nSPS) is 10.2. The van der Waals surface area contributed by atoms with Crippen LogP contribution in [0.3, 0.4) is 0 Å². The fourth-order valence-corrected chi connectivity index (χ4v) is 2.10. The Labute approximate surface area is 125 Å². The molecule has 0 bridgehead atoms. The van der Waals surface area contributed by atoms with Crippen LogP contribution in [0.4, 0.5) is 11.5 Å². The number of anilines is 2. The van der Waals surface area contributed by atoms with E-state index in [-0.39, 0.29) is 5.91 Å². The zero-order valence-corrected chi connectivity index (χ0v) is 12.7. The smallest absolute Gasteiger partial charge is 0.261 e. The van der Waals surface area contributed by atoms with Crippen molar-refractivity contribution < 1.29 is 9.53 Å². The molecule has 0 aliphatic carbocycles. The van der Waals surface area contributed by atoms with Crippen LogP contribution in [0.1, 0.15) is 10.4 Å². The minimum Gasteiger partial charge on any atom is -0.496 e. The highest BCUT2D eigenvalue weighted by molar-refractivity contribution is 9.10. The number of methoxy groups -OCH3 is 1. The molecule has 5 nitrogen and oxygen atoms in total. The Morgan fingerprint density at radius 3 is 2.70 bits per heavy atom. The number of rotatable bonds is 3. The van der Waals surface area contributed by atoms with E-state index in [0.29, 0.717) is 22.8 Å². The van der Waals surface area contributed by atoms with Crippen molar-refractivity contribution in [2.45, 2.75) is 0 Å². The molecule has 1 amide bonds. The third-order valence-corrected chi connectivity index (χ3v) is 3.35. The van der Waals surface area contributed by atoms with Gasteiger partial charge in [-0.25, -0.2) is 4.98 Å². The first kappa shape index (κ1) is 14.3. The first-order valence-corrected chi connectivity index (χ1v) is 6.65. The maximum atomic E-state index is 12.5. The molecule has 1 heterocycles. The molecule has 0 aliphatic rings. The van der Waals surface area contributed by atoms with Crippen LogP contribution < -0.4 is 15.4 Å². The van der Waals surface area contributed by atoms with Gasteiger partial charge in [0.05, 0.1) is 24.6 Å². The molecule has 2 aromatic rings. The molecule has 0 aliphatic heterocycles. The van der Waals surface area contributed by atoms with Crippen molar-refractivity contribution in [3.8, 4) is 5.75 Å². The van der Waals surface area contributed by atoms with Gasteiger partial charge in [-0.3, -0.25) is 4.79 Å². The summed E-state index contributed by atoms with van der Waals surface area (Å²) in [7, 11) is 3.21. The minimum atomic E-state index is -0.185. The largest absolute Gasteiger partial charge is 0.496 e. The Morgan fingerprint density at radius 1 is 1.35 bits per heavy atom. The Morgan fingerprint density at radius 2 is 2.10 bits per heavy atom. The number of nitrogen functional groups attached to an aromatic ring is 1. The fraction of sp³-hybridized carbons (Fsp3) is 0.143. The molecule has 1 aromatic carbocycles. The second kappa shape index (κ2) is 5.92. The Kier molecular flexibility index (Phi) is 4.24. The predicted molar refractivity (Wildman–Crippen MR) is 82.1 cm³/mol. The van der Waals surface area contributed by atoms with E-state index in [1.165, 1.54) is 12.0 Å². The number of amides is 1. The molecule has 0 atom stereocenters. The summed E-state index contributed by atoms with van der Waals surface area (Å²) < 4.78 is 6.03. The summed E-state index contributed by atoms with van der Waals surface area (Å²) in [5.74, 6) is 0.748. The van der Waals surface area contributed by atoms with E-state index < -0.39 is 0 Å². The highest BCUT2D eigenvalue weighted by atomic mass is 79.9. The summed E-state index contributed by atoms with van der Waals surface area (Å²) in [6.45, 7) is 0. The summed E-state index contributed by atoms with van der Waals surface area (Å²) in [6.07, 6.45) is 1.55. The number of hydrogen-bond acceptors (Lipinski definition) is 4. The number of pyridine rings is 1. The number of nitrogens with zero attached hydrogens (tertiary/aromatic N) is 2. The maximum absolute atomic E-state index is 12.5. The molecule has 104 valence electrons. The number of halogens is 1.